The van der Waals surface area contributed by atoms with Crippen molar-refractivity contribution in [2.45, 2.75) is 12.1 Å². The molecule has 2 aromatic rings. The highest BCUT2D eigenvalue weighted by Gasteiger charge is 2.12. The average Bonchev–Trinajstić information content (AvgIpc) is 2.96. The molecule has 0 unspecified atom stereocenters. The fourth-order valence-electron chi connectivity index (χ4n) is 1.59. The number of carbonyl (C=O) groups excluding carboxylic acids is 2. The highest BCUT2D eigenvalue weighted by Crippen LogP contribution is 2.23. The molecule has 0 fully saturated rings. The van der Waals surface area contributed by atoms with Gasteiger partial charge in [0.05, 0.1) is 11.4 Å². The zero-order chi connectivity index (χ0) is 16.1. The van der Waals surface area contributed by atoms with E-state index >= 15 is 0 Å². The Morgan fingerprint density at radius 3 is 2.86 bits per heavy atom. The topological polar surface area (TPSA) is 88.9 Å². The van der Waals surface area contributed by atoms with Crippen LogP contribution in [0.1, 0.15) is 5.56 Å². The monoisotopic (exact) mass is 339 g/mol. The van der Waals surface area contributed by atoms with Gasteiger partial charge < -0.3 is 5.32 Å². The second kappa shape index (κ2) is 7.28. The van der Waals surface area contributed by atoms with Gasteiger partial charge in [-0.25, -0.2) is 4.79 Å². The number of amides is 3. The lowest BCUT2D eigenvalue weighted by molar-refractivity contribution is -0.117. The first-order chi connectivity index (χ1) is 10.5. The molecule has 1 aromatic heterocycles. The van der Waals surface area contributed by atoms with Crippen molar-refractivity contribution >= 4 is 35.3 Å². The van der Waals surface area contributed by atoms with Crippen LogP contribution < -0.4 is 10.6 Å². The molecule has 0 saturated carbocycles. The minimum Gasteiger partial charge on any atom is -0.341 e. The highest BCUT2D eigenvalue weighted by atomic mass is 35.5. The highest BCUT2D eigenvalue weighted by molar-refractivity contribution is 7.99. The van der Waals surface area contributed by atoms with Crippen LogP contribution >= 0.6 is 23.4 Å². The summed E-state index contributed by atoms with van der Waals surface area (Å²) >= 11 is 7.29. The van der Waals surface area contributed by atoms with Crippen molar-refractivity contribution in [3.8, 4) is 5.69 Å². The molecule has 9 heteroatoms. The van der Waals surface area contributed by atoms with Gasteiger partial charge in [-0.2, -0.15) is 0 Å². The molecular weight excluding hydrogens is 326 g/mol. The normalized spacial score (nSPS) is 10.3. The number of carbonyl (C=O) groups is 2. The van der Waals surface area contributed by atoms with E-state index in [1.54, 1.807) is 17.0 Å². The number of thioether (sulfide) groups is 1. The Kier molecular flexibility index (Phi) is 5.40. The number of nitrogens with one attached hydrogen (secondary N) is 2. The lowest BCUT2D eigenvalue weighted by atomic mass is 10.2. The fraction of sp³-hybridized carbons (Fsp3) is 0.231. The molecular formula is C13H14ClN5O2S. The third kappa shape index (κ3) is 3.99. The van der Waals surface area contributed by atoms with Crippen LogP contribution in [0, 0.1) is 6.92 Å². The van der Waals surface area contributed by atoms with Crippen LogP contribution in [-0.2, 0) is 4.79 Å². The number of urea groups is 1. The van der Waals surface area contributed by atoms with Crippen LogP contribution in [0.15, 0.2) is 29.7 Å². The van der Waals surface area contributed by atoms with Crippen molar-refractivity contribution in [3.63, 3.8) is 0 Å². The maximum absolute atomic E-state index is 11.6. The van der Waals surface area contributed by atoms with Gasteiger partial charge in [0.25, 0.3) is 0 Å². The van der Waals surface area contributed by atoms with E-state index in [1.165, 1.54) is 18.8 Å². The van der Waals surface area contributed by atoms with E-state index in [4.69, 9.17) is 11.6 Å². The lowest BCUT2D eigenvalue weighted by Crippen LogP contribution is -2.38. The second-order valence-electron chi connectivity index (χ2n) is 4.33. The third-order valence-corrected chi connectivity index (χ3v) is 4.11. The zero-order valence-electron chi connectivity index (χ0n) is 12.0. The number of aromatic nitrogens is 3. The Balaban J connectivity index is 2.08. The summed E-state index contributed by atoms with van der Waals surface area (Å²) in [5.41, 5.74) is 1.77. The Bertz CT molecular complexity index is 703. The van der Waals surface area contributed by atoms with Crippen LogP contribution in [-0.4, -0.2) is 39.5 Å². The van der Waals surface area contributed by atoms with Crippen LogP contribution in [0.3, 0.4) is 0 Å². The molecule has 2 N–H and O–H groups in total. The van der Waals surface area contributed by atoms with E-state index in [0.717, 1.165) is 11.3 Å². The predicted molar refractivity (Wildman–Crippen MR) is 84.4 cm³/mol. The molecule has 0 aliphatic heterocycles. The van der Waals surface area contributed by atoms with Crippen LogP contribution in [0.2, 0.25) is 5.02 Å². The van der Waals surface area contributed by atoms with Crippen LogP contribution in [0.4, 0.5) is 4.79 Å². The molecule has 0 radical (unpaired) electrons. The number of nitrogens with zero attached hydrogens (tertiary/aromatic N) is 3. The zero-order valence-corrected chi connectivity index (χ0v) is 13.5. The maximum atomic E-state index is 11.6. The van der Waals surface area contributed by atoms with Crippen molar-refractivity contribution in [1.82, 2.24) is 25.4 Å². The van der Waals surface area contributed by atoms with Gasteiger partial charge in [0.1, 0.15) is 6.33 Å². The van der Waals surface area contributed by atoms with E-state index in [1.807, 2.05) is 19.1 Å². The minimum atomic E-state index is -0.544. The van der Waals surface area contributed by atoms with Crippen LogP contribution in [0.5, 0.6) is 0 Å². The molecule has 116 valence electrons. The second-order valence-corrected chi connectivity index (χ2v) is 5.68. The molecule has 22 heavy (non-hydrogen) atoms. The SMILES string of the molecule is CNC(=O)NC(=O)CSc1nncn1-c1ccc(C)c(Cl)c1. The lowest BCUT2D eigenvalue weighted by Gasteiger charge is -2.08. The van der Waals surface area contributed by atoms with E-state index in [9.17, 15) is 9.59 Å². The summed E-state index contributed by atoms with van der Waals surface area (Å²) in [6.07, 6.45) is 1.54. The summed E-state index contributed by atoms with van der Waals surface area (Å²) in [6.45, 7) is 1.91. The Hall–Kier alpha value is -2.06. The Morgan fingerprint density at radius 2 is 2.18 bits per heavy atom. The van der Waals surface area contributed by atoms with Gasteiger partial charge in [-0.3, -0.25) is 14.7 Å². The van der Waals surface area contributed by atoms with Gasteiger partial charge in [-0.1, -0.05) is 29.4 Å². The van der Waals surface area contributed by atoms with Crippen LogP contribution in [0.25, 0.3) is 5.69 Å². The molecule has 0 bridgehead atoms. The third-order valence-electron chi connectivity index (χ3n) is 2.76. The molecule has 1 aromatic carbocycles. The number of hydrogen-bond donors (Lipinski definition) is 2. The molecule has 0 aliphatic rings. The number of benzene rings is 1. The largest absolute Gasteiger partial charge is 0.341 e. The summed E-state index contributed by atoms with van der Waals surface area (Å²) in [7, 11) is 1.44. The molecule has 3 amide bonds. The minimum absolute atomic E-state index is 0.0473. The van der Waals surface area contributed by atoms with Crippen molar-refractivity contribution in [1.29, 1.82) is 0 Å². The first-order valence-electron chi connectivity index (χ1n) is 6.32. The van der Waals surface area contributed by atoms with Crippen molar-refractivity contribution in [3.05, 3.63) is 35.1 Å². The van der Waals surface area contributed by atoms with E-state index < -0.39 is 11.9 Å². The molecule has 0 aliphatic carbocycles. The first-order valence-corrected chi connectivity index (χ1v) is 7.68. The Labute approximate surface area is 136 Å². The molecule has 0 spiro atoms. The molecule has 0 atom stereocenters. The van der Waals surface area contributed by atoms with Gasteiger partial charge in [-0.05, 0) is 24.6 Å². The molecule has 7 nitrogen and oxygen atoms in total. The van der Waals surface area contributed by atoms with Gasteiger partial charge in [0.15, 0.2) is 5.16 Å². The maximum Gasteiger partial charge on any atom is 0.321 e. The van der Waals surface area contributed by atoms with Crippen molar-refractivity contribution in [2.75, 3.05) is 12.8 Å². The Morgan fingerprint density at radius 1 is 1.41 bits per heavy atom. The van der Waals surface area contributed by atoms with E-state index in [0.29, 0.717) is 10.2 Å². The molecule has 2 rings (SSSR count). The average molecular weight is 340 g/mol. The summed E-state index contributed by atoms with van der Waals surface area (Å²) in [5, 5.41) is 13.5. The summed E-state index contributed by atoms with van der Waals surface area (Å²) in [6, 6.07) is 5.04. The number of hydrogen-bond acceptors (Lipinski definition) is 5. The number of aryl methyl sites for hydroxylation is 1. The molecule has 0 saturated heterocycles. The summed E-state index contributed by atoms with van der Waals surface area (Å²) < 4.78 is 1.73. The van der Waals surface area contributed by atoms with E-state index in [2.05, 4.69) is 20.8 Å². The molecule has 1 heterocycles. The van der Waals surface area contributed by atoms with Crippen molar-refractivity contribution in [2.24, 2.45) is 0 Å². The quantitative estimate of drug-likeness (QED) is 0.829. The summed E-state index contributed by atoms with van der Waals surface area (Å²) in [5.74, 6) is -0.369. The first kappa shape index (κ1) is 16.3. The smallest absolute Gasteiger partial charge is 0.321 e. The predicted octanol–water partition coefficient (Wildman–Crippen LogP) is 1.78. The van der Waals surface area contributed by atoms with Gasteiger partial charge in [0.2, 0.25) is 5.91 Å². The van der Waals surface area contributed by atoms with Gasteiger partial charge >= 0.3 is 6.03 Å². The van der Waals surface area contributed by atoms with E-state index in [-0.39, 0.29) is 5.75 Å². The van der Waals surface area contributed by atoms with Gasteiger partial charge in [-0.15, -0.1) is 10.2 Å². The number of imide groups is 1. The van der Waals surface area contributed by atoms with Gasteiger partial charge in [0, 0.05) is 12.1 Å². The number of rotatable bonds is 4. The standard InChI is InChI=1S/C13H14ClN5O2S/c1-8-3-4-9(5-10(8)14)19-7-16-18-13(19)22-6-11(20)17-12(21)15-2/h3-5,7H,6H2,1-2H3,(H2,15,17,20,21). The summed E-state index contributed by atoms with van der Waals surface area (Å²) in [4.78, 5) is 22.6. The number of halogens is 1. The fourth-order valence-corrected chi connectivity index (χ4v) is 2.49. The van der Waals surface area contributed by atoms with Crippen molar-refractivity contribution < 1.29 is 9.59 Å².